The highest BCUT2D eigenvalue weighted by atomic mass is 35.5. The number of halogens is 1. The predicted octanol–water partition coefficient (Wildman–Crippen LogP) is 5.02. The average Bonchev–Trinajstić information content (AvgIpc) is 2.44. The molecule has 0 radical (unpaired) electrons. The Hall–Kier alpha value is -1.58. The minimum atomic E-state index is 0.559. The van der Waals surface area contributed by atoms with Gasteiger partial charge in [0.1, 0.15) is 0 Å². The van der Waals surface area contributed by atoms with Gasteiger partial charge in [-0.25, -0.2) is 0 Å². The third-order valence-electron chi connectivity index (χ3n) is 3.11. The third kappa shape index (κ3) is 3.71. The van der Waals surface area contributed by atoms with Gasteiger partial charge in [0.15, 0.2) is 5.11 Å². The molecule has 2 aromatic carbocycles. The van der Waals surface area contributed by atoms with Gasteiger partial charge in [-0.15, -0.1) is 0 Å². The molecule has 0 spiro atoms. The van der Waals surface area contributed by atoms with Crippen LogP contribution in [0.15, 0.2) is 42.5 Å². The minimum Gasteiger partial charge on any atom is -0.332 e. The maximum atomic E-state index is 6.09. The molecule has 0 amide bonds. The quantitative estimate of drug-likeness (QED) is 0.779. The maximum Gasteiger partial charge on any atom is 0.175 e. The lowest BCUT2D eigenvalue weighted by atomic mass is 10.1. The number of benzene rings is 2. The van der Waals surface area contributed by atoms with E-state index in [1.165, 1.54) is 5.56 Å². The lowest BCUT2D eigenvalue weighted by Crippen LogP contribution is -2.19. The molecule has 0 bridgehead atoms. The van der Waals surface area contributed by atoms with E-state index in [9.17, 15) is 0 Å². The molecule has 0 atom stereocenters. The fourth-order valence-corrected chi connectivity index (χ4v) is 2.30. The second-order valence-corrected chi connectivity index (χ2v) is 5.36. The first-order valence-corrected chi connectivity index (χ1v) is 7.31. The van der Waals surface area contributed by atoms with Crippen LogP contribution in [0.3, 0.4) is 0 Å². The van der Waals surface area contributed by atoms with E-state index in [-0.39, 0.29) is 0 Å². The van der Waals surface area contributed by atoms with E-state index in [4.69, 9.17) is 23.8 Å². The van der Waals surface area contributed by atoms with Gasteiger partial charge in [-0.2, -0.15) is 0 Å². The van der Waals surface area contributed by atoms with E-state index in [2.05, 4.69) is 29.7 Å². The van der Waals surface area contributed by atoms with Crippen molar-refractivity contribution in [2.75, 3.05) is 10.6 Å². The summed E-state index contributed by atoms with van der Waals surface area (Å²) in [5.41, 5.74) is 4.17. The van der Waals surface area contributed by atoms with Crippen LogP contribution in [-0.4, -0.2) is 5.11 Å². The second-order valence-electron chi connectivity index (χ2n) is 4.55. The molecule has 2 rings (SSSR count). The van der Waals surface area contributed by atoms with E-state index in [0.717, 1.165) is 28.4 Å². The molecule has 104 valence electrons. The Morgan fingerprint density at radius 3 is 2.65 bits per heavy atom. The van der Waals surface area contributed by atoms with Gasteiger partial charge in [0.2, 0.25) is 0 Å². The highest BCUT2D eigenvalue weighted by Crippen LogP contribution is 2.23. The van der Waals surface area contributed by atoms with Crippen molar-refractivity contribution >= 4 is 40.3 Å². The molecule has 0 fully saturated rings. The monoisotopic (exact) mass is 304 g/mol. The van der Waals surface area contributed by atoms with Crippen LogP contribution in [0.2, 0.25) is 5.02 Å². The van der Waals surface area contributed by atoms with Gasteiger partial charge in [-0.1, -0.05) is 36.7 Å². The zero-order valence-corrected chi connectivity index (χ0v) is 13.1. The molecule has 2 nitrogen and oxygen atoms in total. The van der Waals surface area contributed by atoms with Crippen LogP contribution in [0, 0.1) is 6.92 Å². The normalized spacial score (nSPS) is 10.2. The summed E-state index contributed by atoms with van der Waals surface area (Å²) < 4.78 is 0. The third-order valence-corrected chi connectivity index (χ3v) is 3.72. The molecule has 2 aromatic rings. The molecule has 0 unspecified atom stereocenters. The zero-order chi connectivity index (χ0) is 14.5. The van der Waals surface area contributed by atoms with Crippen molar-refractivity contribution in [1.82, 2.24) is 0 Å². The Bertz CT molecular complexity index is 626. The van der Waals surface area contributed by atoms with E-state index in [1.54, 1.807) is 0 Å². The van der Waals surface area contributed by atoms with E-state index >= 15 is 0 Å². The van der Waals surface area contributed by atoms with Crippen LogP contribution in [-0.2, 0) is 6.42 Å². The molecule has 0 heterocycles. The predicted molar refractivity (Wildman–Crippen MR) is 91.9 cm³/mol. The summed E-state index contributed by atoms with van der Waals surface area (Å²) in [7, 11) is 0. The number of hydrogen-bond donors (Lipinski definition) is 2. The zero-order valence-electron chi connectivity index (χ0n) is 11.5. The molecule has 20 heavy (non-hydrogen) atoms. The molecule has 0 saturated heterocycles. The minimum absolute atomic E-state index is 0.559. The lowest BCUT2D eigenvalue weighted by molar-refractivity contribution is 1.14. The highest BCUT2D eigenvalue weighted by molar-refractivity contribution is 7.80. The summed E-state index contributed by atoms with van der Waals surface area (Å²) >= 11 is 11.4. The molecule has 2 N–H and O–H groups in total. The van der Waals surface area contributed by atoms with Crippen LogP contribution in [0.25, 0.3) is 0 Å². The van der Waals surface area contributed by atoms with E-state index < -0.39 is 0 Å². The SMILES string of the molecule is CCc1cccc(NC(=S)Nc2cccc(Cl)c2C)c1. The van der Waals surface area contributed by atoms with Crippen molar-refractivity contribution < 1.29 is 0 Å². The van der Waals surface area contributed by atoms with Crippen LogP contribution in [0.1, 0.15) is 18.1 Å². The van der Waals surface area contributed by atoms with E-state index in [1.807, 2.05) is 37.3 Å². The largest absolute Gasteiger partial charge is 0.332 e. The molecule has 0 saturated carbocycles. The molecular weight excluding hydrogens is 288 g/mol. The van der Waals surface area contributed by atoms with Crippen LogP contribution < -0.4 is 10.6 Å². The molecule has 0 aliphatic heterocycles. The molecule has 0 aliphatic rings. The number of nitrogens with one attached hydrogen (secondary N) is 2. The Morgan fingerprint density at radius 1 is 1.15 bits per heavy atom. The summed E-state index contributed by atoms with van der Waals surface area (Å²) in [6, 6.07) is 13.9. The van der Waals surface area contributed by atoms with Gasteiger partial charge in [-0.05, 0) is 61.0 Å². The Kier molecular flexibility index (Phi) is 4.99. The van der Waals surface area contributed by atoms with Gasteiger partial charge >= 0.3 is 0 Å². The second kappa shape index (κ2) is 6.73. The molecule has 0 aromatic heterocycles. The Balaban J connectivity index is 2.07. The molecule has 0 aliphatic carbocycles. The van der Waals surface area contributed by atoms with Crippen molar-refractivity contribution in [1.29, 1.82) is 0 Å². The fourth-order valence-electron chi connectivity index (χ4n) is 1.90. The number of hydrogen-bond acceptors (Lipinski definition) is 1. The smallest absolute Gasteiger partial charge is 0.175 e. The van der Waals surface area contributed by atoms with E-state index in [0.29, 0.717) is 5.11 Å². The summed E-state index contributed by atoms with van der Waals surface area (Å²) in [5, 5.41) is 7.65. The van der Waals surface area contributed by atoms with Gasteiger partial charge in [0.25, 0.3) is 0 Å². The first kappa shape index (κ1) is 14.8. The first-order valence-electron chi connectivity index (χ1n) is 6.52. The van der Waals surface area contributed by atoms with Crippen molar-refractivity contribution in [2.24, 2.45) is 0 Å². The van der Waals surface area contributed by atoms with Crippen LogP contribution >= 0.6 is 23.8 Å². The summed E-state index contributed by atoms with van der Waals surface area (Å²) in [6.07, 6.45) is 1.00. The van der Waals surface area contributed by atoms with Gasteiger partial charge in [-0.3, -0.25) is 0 Å². The Morgan fingerprint density at radius 2 is 1.90 bits per heavy atom. The van der Waals surface area contributed by atoms with Crippen molar-refractivity contribution in [3.05, 3.63) is 58.6 Å². The first-order chi connectivity index (χ1) is 9.60. The molecule has 4 heteroatoms. The number of anilines is 2. The van der Waals surface area contributed by atoms with Crippen molar-refractivity contribution in [2.45, 2.75) is 20.3 Å². The molecular formula is C16H17ClN2S. The maximum absolute atomic E-state index is 6.09. The van der Waals surface area contributed by atoms with Crippen LogP contribution in [0.5, 0.6) is 0 Å². The topological polar surface area (TPSA) is 24.1 Å². The number of rotatable bonds is 3. The highest BCUT2D eigenvalue weighted by Gasteiger charge is 2.04. The average molecular weight is 305 g/mol. The summed E-state index contributed by atoms with van der Waals surface area (Å²) in [4.78, 5) is 0. The number of aryl methyl sites for hydroxylation is 1. The van der Waals surface area contributed by atoms with Crippen molar-refractivity contribution in [3.63, 3.8) is 0 Å². The van der Waals surface area contributed by atoms with Gasteiger partial charge in [0.05, 0.1) is 0 Å². The van der Waals surface area contributed by atoms with Crippen molar-refractivity contribution in [3.8, 4) is 0 Å². The standard InChI is InChI=1S/C16H17ClN2S/c1-3-12-6-4-7-13(10-12)18-16(20)19-15-9-5-8-14(17)11(15)2/h4-10H,3H2,1-2H3,(H2,18,19,20). The number of thiocarbonyl (C=S) groups is 1. The Labute approximate surface area is 130 Å². The van der Waals surface area contributed by atoms with Gasteiger partial charge < -0.3 is 10.6 Å². The lowest BCUT2D eigenvalue weighted by Gasteiger charge is -2.13. The summed E-state index contributed by atoms with van der Waals surface area (Å²) in [5.74, 6) is 0. The summed E-state index contributed by atoms with van der Waals surface area (Å²) in [6.45, 7) is 4.09. The van der Waals surface area contributed by atoms with Crippen LogP contribution in [0.4, 0.5) is 11.4 Å². The van der Waals surface area contributed by atoms with Gasteiger partial charge in [0, 0.05) is 16.4 Å². The fraction of sp³-hybridized carbons (Fsp3) is 0.188.